The highest BCUT2D eigenvalue weighted by Crippen LogP contribution is 2.21. The van der Waals surface area contributed by atoms with E-state index in [1.807, 2.05) is 12.3 Å². The summed E-state index contributed by atoms with van der Waals surface area (Å²) in [5.41, 5.74) is 1.37. The summed E-state index contributed by atoms with van der Waals surface area (Å²) in [6.45, 7) is 10.2. The van der Waals surface area contributed by atoms with E-state index in [0.717, 1.165) is 32.1 Å². The van der Waals surface area contributed by atoms with Crippen LogP contribution in [-0.2, 0) is 11.3 Å². The number of hydrogen-bond acceptors (Lipinski definition) is 4. The van der Waals surface area contributed by atoms with Crippen LogP contribution in [-0.4, -0.2) is 37.3 Å². The van der Waals surface area contributed by atoms with Gasteiger partial charge in [-0.05, 0) is 45.6 Å². The highest BCUT2D eigenvalue weighted by molar-refractivity contribution is 5.46. The van der Waals surface area contributed by atoms with Crippen LogP contribution in [0.15, 0.2) is 18.3 Å². The molecular weight excluding hydrogens is 262 g/mol. The molecule has 1 unspecified atom stereocenters. The summed E-state index contributed by atoms with van der Waals surface area (Å²) >= 11 is 0. The molecule has 2 rings (SSSR count). The Morgan fingerprint density at radius 3 is 2.90 bits per heavy atom. The van der Waals surface area contributed by atoms with Crippen molar-refractivity contribution in [2.45, 2.75) is 45.7 Å². The molecule has 1 fully saturated rings. The van der Waals surface area contributed by atoms with Crippen LogP contribution in [0.25, 0.3) is 0 Å². The third-order valence-corrected chi connectivity index (χ3v) is 3.82. The fourth-order valence-electron chi connectivity index (χ4n) is 2.70. The van der Waals surface area contributed by atoms with Crippen LogP contribution in [0.3, 0.4) is 0 Å². The number of hydrogen-bond donors (Lipinski definition) is 1. The maximum Gasteiger partial charge on any atom is 0.132 e. The number of nitrogens with one attached hydrogen (secondary N) is 1. The molecule has 0 saturated carbocycles. The molecule has 0 bridgehead atoms. The molecule has 0 radical (unpaired) electrons. The average molecular weight is 291 g/mol. The second-order valence-corrected chi connectivity index (χ2v) is 7.05. The van der Waals surface area contributed by atoms with Gasteiger partial charge >= 0.3 is 0 Å². The zero-order chi connectivity index (χ0) is 15.3. The summed E-state index contributed by atoms with van der Waals surface area (Å²) in [5.74, 6) is 1.70. The predicted molar refractivity (Wildman–Crippen MR) is 87.6 cm³/mol. The minimum atomic E-state index is 0.114. The Bertz CT molecular complexity index is 436. The summed E-state index contributed by atoms with van der Waals surface area (Å²) < 4.78 is 5.58. The maximum atomic E-state index is 5.58. The van der Waals surface area contributed by atoms with Crippen LogP contribution in [0.5, 0.6) is 0 Å². The van der Waals surface area contributed by atoms with E-state index in [4.69, 9.17) is 4.74 Å². The number of nitrogens with zero attached hydrogens (tertiary/aromatic N) is 2. The monoisotopic (exact) mass is 291 g/mol. The van der Waals surface area contributed by atoms with Crippen molar-refractivity contribution in [3.05, 3.63) is 23.9 Å². The Kier molecular flexibility index (Phi) is 5.59. The first-order chi connectivity index (χ1) is 9.96. The molecule has 0 amide bonds. The minimum Gasteiger partial charge on any atom is -0.381 e. The zero-order valence-corrected chi connectivity index (χ0v) is 13.9. The molecule has 1 aromatic rings. The van der Waals surface area contributed by atoms with Gasteiger partial charge in [-0.1, -0.05) is 6.07 Å². The lowest BCUT2D eigenvalue weighted by Crippen LogP contribution is -2.36. The molecule has 4 nitrogen and oxygen atoms in total. The van der Waals surface area contributed by atoms with Gasteiger partial charge in [-0.25, -0.2) is 4.98 Å². The van der Waals surface area contributed by atoms with Crippen molar-refractivity contribution in [3.63, 3.8) is 0 Å². The van der Waals surface area contributed by atoms with Gasteiger partial charge in [0.05, 0.1) is 6.61 Å². The fraction of sp³-hybridized carbons (Fsp3) is 0.706. The van der Waals surface area contributed by atoms with Crippen molar-refractivity contribution in [3.8, 4) is 0 Å². The number of pyridine rings is 1. The Hall–Kier alpha value is -1.13. The molecule has 1 aromatic heterocycles. The topological polar surface area (TPSA) is 37.4 Å². The fourth-order valence-corrected chi connectivity index (χ4v) is 2.70. The minimum absolute atomic E-state index is 0.114. The number of rotatable bonds is 5. The second-order valence-electron chi connectivity index (χ2n) is 7.05. The Morgan fingerprint density at radius 2 is 2.24 bits per heavy atom. The lowest BCUT2D eigenvalue weighted by molar-refractivity contribution is 0.0576. The van der Waals surface area contributed by atoms with E-state index in [0.29, 0.717) is 5.92 Å². The van der Waals surface area contributed by atoms with Crippen molar-refractivity contribution in [2.24, 2.45) is 5.92 Å². The van der Waals surface area contributed by atoms with Crippen molar-refractivity contribution in [1.29, 1.82) is 0 Å². The van der Waals surface area contributed by atoms with Gasteiger partial charge in [0.2, 0.25) is 0 Å². The molecule has 0 aromatic carbocycles. The molecule has 118 valence electrons. The summed E-state index contributed by atoms with van der Waals surface area (Å²) in [4.78, 5) is 6.87. The first-order valence-corrected chi connectivity index (χ1v) is 7.93. The second kappa shape index (κ2) is 7.23. The molecule has 0 spiro atoms. The largest absolute Gasteiger partial charge is 0.381 e. The number of aromatic nitrogens is 1. The Labute approximate surface area is 128 Å². The molecule has 1 aliphatic rings. The SMILES string of the molecule is CN(CC1CCCOC1)c1ncccc1CNC(C)(C)C. The van der Waals surface area contributed by atoms with Crippen molar-refractivity contribution >= 4 is 5.82 Å². The van der Waals surface area contributed by atoms with E-state index in [9.17, 15) is 0 Å². The predicted octanol–water partition coefficient (Wildman–Crippen LogP) is 2.83. The third-order valence-electron chi connectivity index (χ3n) is 3.82. The van der Waals surface area contributed by atoms with Crippen LogP contribution in [0.2, 0.25) is 0 Å². The van der Waals surface area contributed by atoms with Gasteiger partial charge in [0.15, 0.2) is 0 Å². The lowest BCUT2D eigenvalue weighted by atomic mass is 10.0. The van der Waals surface area contributed by atoms with Gasteiger partial charge < -0.3 is 15.0 Å². The van der Waals surface area contributed by atoms with E-state index in [-0.39, 0.29) is 5.54 Å². The van der Waals surface area contributed by atoms with Crippen molar-refractivity contribution < 1.29 is 4.74 Å². The molecule has 2 heterocycles. The zero-order valence-electron chi connectivity index (χ0n) is 13.9. The van der Waals surface area contributed by atoms with Gasteiger partial charge in [0.1, 0.15) is 5.82 Å². The first kappa shape index (κ1) is 16.2. The number of anilines is 1. The smallest absolute Gasteiger partial charge is 0.132 e. The highest BCUT2D eigenvalue weighted by atomic mass is 16.5. The average Bonchev–Trinajstić information content (AvgIpc) is 2.46. The summed E-state index contributed by atoms with van der Waals surface area (Å²) in [7, 11) is 2.14. The van der Waals surface area contributed by atoms with E-state index in [1.54, 1.807) is 0 Å². The van der Waals surface area contributed by atoms with Gasteiger partial charge in [0, 0.05) is 44.0 Å². The van der Waals surface area contributed by atoms with Gasteiger partial charge in [-0.15, -0.1) is 0 Å². The van der Waals surface area contributed by atoms with Crippen LogP contribution in [0.4, 0.5) is 5.82 Å². The summed E-state index contributed by atoms with van der Waals surface area (Å²) in [6, 6.07) is 4.18. The number of ether oxygens (including phenoxy) is 1. The Morgan fingerprint density at radius 1 is 1.43 bits per heavy atom. The molecule has 1 aliphatic heterocycles. The highest BCUT2D eigenvalue weighted by Gasteiger charge is 2.18. The molecule has 1 saturated heterocycles. The molecule has 4 heteroatoms. The molecule has 1 N–H and O–H groups in total. The summed E-state index contributed by atoms with van der Waals surface area (Å²) in [6.07, 6.45) is 4.32. The van der Waals surface area contributed by atoms with Gasteiger partial charge in [0.25, 0.3) is 0 Å². The third kappa shape index (κ3) is 5.29. The van der Waals surface area contributed by atoms with Gasteiger partial charge in [-0.3, -0.25) is 0 Å². The van der Waals surface area contributed by atoms with Crippen LogP contribution < -0.4 is 10.2 Å². The van der Waals surface area contributed by atoms with Crippen LogP contribution in [0.1, 0.15) is 39.2 Å². The lowest BCUT2D eigenvalue weighted by Gasteiger charge is -2.29. The van der Waals surface area contributed by atoms with Crippen LogP contribution in [0, 0.1) is 5.92 Å². The molecule has 0 aliphatic carbocycles. The molecular formula is C17H29N3O. The summed E-state index contributed by atoms with van der Waals surface area (Å²) in [5, 5.41) is 3.55. The first-order valence-electron chi connectivity index (χ1n) is 7.93. The van der Waals surface area contributed by atoms with Crippen LogP contribution >= 0.6 is 0 Å². The van der Waals surface area contributed by atoms with E-state index in [1.165, 1.54) is 18.4 Å². The molecule has 1 atom stereocenters. The van der Waals surface area contributed by atoms with Gasteiger partial charge in [-0.2, -0.15) is 0 Å². The molecule has 21 heavy (non-hydrogen) atoms. The van der Waals surface area contributed by atoms with E-state index >= 15 is 0 Å². The normalized spacial score (nSPS) is 19.5. The van der Waals surface area contributed by atoms with Crippen molar-refractivity contribution in [2.75, 3.05) is 31.7 Å². The Balaban J connectivity index is 2.00. The maximum absolute atomic E-state index is 5.58. The van der Waals surface area contributed by atoms with Crippen molar-refractivity contribution in [1.82, 2.24) is 10.3 Å². The quantitative estimate of drug-likeness (QED) is 0.905. The van der Waals surface area contributed by atoms with E-state index in [2.05, 4.69) is 49.1 Å². The standard InChI is InChI=1S/C17H29N3O/c1-17(2,3)19-11-15-8-5-9-18-16(15)20(4)12-14-7-6-10-21-13-14/h5,8-9,14,19H,6-7,10-13H2,1-4H3. The van der Waals surface area contributed by atoms with E-state index < -0.39 is 0 Å².